The number of carboxylic acid groups (broad SMARTS) is 1. The lowest BCUT2D eigenvalue weighted by atomic mass is 9.92. The van der Waals surface area contributed by atoms with Crippen molar-refractivity contribution in [1.29, 1.82) is 5.26 Å². The quantitative estimate of drug-likeness (QED) is 0.265. The Morgan fingerprint density at radius 1 is 1.00 bits per heavy atom. The molecule has 2 N–H and O–H groups in total. The smallest absolute Gasteiger partial charge is 0.389 e. The standard InChI is InChI=1S/C32H32F3N3O3/c33-32(34,35)17-6-18-38(25-7-2-1-3-8-25)29-16-15-24(26-9-4-5-10-27(26)31(40)41)20-28(29)37-30(39)19-22-11-13-23(21-36)14-12-22/h4-5,9-16,20,25H,1-3,6-8,17-19H2,(H,37,39)(H,40,41). The number of benzene rings is 3. The van der Waals surface area contributed by atoms with Gasteiger partial charge in [-0.05, 0) is 66.3 Å². The zero-order valence-corrected chi connectivity index (χ0v) is 22.6. The molecular formula is C32H32F3N3O3. The summed E-state index contributed by atoms with van der Waals surface area (Å²) in [6.07, 6.45) is -0.507. The summed E-state index contributed by atoms with van der Waals surface area (Å²) in [5, 5.41) is 21.7. The summed E-state index contributed by atoms with van der Waals surface area (Å²) < 4.78 is 39.2. The van der Waals surface area contributed by atoms with Gasteiger partial charge in [-0.15, -0.1) is 0 Å². The Bertz CT molecular complexity index is 1410. The number of carboxylic acids is 1. The molecule has 1 saturated carbocycles. The average molecular weight is 564 g/mol. The minimum absolute atomic E-state index is 0.0264. The predicted octanol–water partition coefficient (Wildman–Crippen LogP) is 7.59. The molecule has 0 heterocycles. The summed E-state index contributed by atoms with van der Waals surface area (Å²) in [4.78, 5) is 27.1. The molecule has 1 aliphatic rings. The van der Waals surface area contributed by atoms with Gasteiger partial charge in [-0.2, -0.15) is 18.4 Å². The number of hydrogen-bond acceptors (Lipinski definition) is 4. The van der Waals surface area contributed by atoms with Crippen molar-refractivity contribution in [3.05, 3.63) is 83.4 Å². The van der Waals surface area contributed by atoms with E-state index in [0.717, 1.165) is 32.1 Å². The van der Waals surface area contributed by atoms with Gasteiger partial charge in [0.1, 0.15) is 0 Å². The number of anilines is 2. The van der Waals surface area contributed by atoms with E-state index in [1.54, 1.807) is 60.7 Å². The van der Waals surface area contributed by atoms with Gasteiger partial charge >= 0.3 is 12.1 Å². The molecule has 0 saturated heterocycles. The first-order valence-electron chi connectivity index (χ1n) is 13.7. The third kappa shape index (κ3) is 8.10. The summed E-state index contributed by atoms with van der Waals surface area (Å²) in [6, 6.07) is 20.5. The molecule has 0 bridgehead atoms. The molecule has 3 aromatic rings. The zero-order chi connectivity index (χ0) is 29.4. The molecule has 0 radical (unpaired) electrons. The van der Waals surface area contributed by atoms with Crippen LogP contribution < -0.4 is 10.2 Å². The molecule has 0 spiro atoms. The molecule has 9 heteroatoms. The molecule has 0 aliphatic heterocycles. The Balaban J connectivity index is 1.72. The first-order chi connectivity index (χ1) is 19.6. The highest BCUT2D eigenvalue weighted by Crippen LogP contribution is 2.37. The highest BCUT2D eigenvalue weighted by atomic mass is 19.4. The molecule has 3 aromatic carbocycles. The second kappa shape index (κ2) is 13.4. The first kappa shape index (κ1) is 29.7. The summed E-state index contributed by atoms with van der Waals surface area (Å²) in [5.41, 5.74) is 3.34. The molecule has 214 valence electrons. The largest absolute Gasteiger partial charge is 0.478 e. The Kier molecular flexibility index (Phi) is 9.66. The van der Waals surface area contributed by atoms with Gasteiger partial charge < -0.3 is 15.3 Å². The number of rotatable bonds is 10. The molecule has 1 amide bonds. The highest BCUT2D eigenvalue weighted by Gasteiger charge is 2.29. The van der Waals surface area contributed by atoms with Gasteiger partial charge in [0.25, 0.3) is 0 Å². The monoisotopic (exact) mass is 563 g/mol. The lowest BCUT2D eigenvalue weighted by molar-refractivity contribution is -0.135. The third-order valence-electron chi connectivity index (χ3n) is 7.37. The molecule has 0 atom stereocenters. The number of alkyl halides is 3. The topological polar surface area (TPSA) is 93.4 Å². The van der Waals surface area contributed by atoms with Crippen LogP contribution in [0.15, 0.2) is 66.7 Å². The van der Waals surface area contributed by atoms with Gasteiger partial charge in [-0.25, -0.2) is 4.79 Å². The summed E-state index contributed by atoms with van der Waals surface area (Å²) >= 11 is 0. The Morgan fingerprint density at radius 2 is 1.71 bits per heavy atom. The summed E-state index contributed by atoms with van der Waals surface area (Å²) in [7, 11) is 0. The van der Waals surface area contributed by atoms with Crippen LogP contribution in [0.2, 0.25) is 0 Å². The SMILES string of the molecule is N#Cc1ccc(CC(=O)Nc2cc(-c3ccccc3C(=O)O)ccc2N(CCCC(F)(F)F)C2CCCCC2)cc1. The number of aromatic carboxylic acids is 1. The maximum absolute atomic E-state index is 13.2. The molecule has 0 unspecified atom stereocenters. The second-order valence-corrected chi connectivity index (χ2v) is 10.3. The van der Waals surface area contributed by atoms with E-state index in [1.807, 2.05) is 11.0 Å². The van der Waals surface area contributed by atoms with Gasteiger partial charge in [0.2, 0.25) is 5.91 Å². The van der Waals surface area contributed by atoms with E-state index < -0.39 is 18.6 Å². The van der Waals surface area contributed by atoms with Crippen molar-refractivity contribution >= 4 is 23.3 Å². The Hall–Kier alpha value is -4.32. The normalized spacial score (nSPS) is 13.8. The van der Waals surface area contributed by atoms with E-state index >= 15 is 0 Å². The lowest BCUT2D eigenvalue weighted by Crippen LogP contribution is -2.38. The minimum atomic E-state index is -4.26. The minimum Gasteiger partial charge on any atom is -0.478 e. The second-order valence-electron chi connectivity index (χ2n) is 10.3. The molecule has 6 nitrogen and oxygen atoms in total. The number of hydrogen-bond donors (Lipinski definition) is 2. The van der Waals surface area contributed by atoms with Crippen LogP contribution in [0.3, 0.4) is 0 Å². The van der Waals surface area contributed by atoms with Crippen LogP contribution in [-0.2, 0) is 11.2 Å². The average Bonchev–Trinajstić information content (AvgIpc) is 2.96. The van der Waals surface area contributed by atoms with Gasteiger partial charge in [-0.1, -0.05) is 55.7 Å². The predicted molar refractivity (Wildman–Crippen MR) is 152 cm³/mol. The highest BCUT2D eigenvalue weighted by molar-refractivity contribution is 5.99. The fourth-order valence-electron chi connectivity index (χ4n) is 5.39. The van der Waals surface area contributed by atoms with Crippen LogP contribution in [0.1, 0.15) is 66.4 Å². The Labute approximate surface area is 237 Å². The van der Waals surface area contributed by atoms with E-state index in [0.29, 0.717) is 33.6 Å². The van der Waals surface area contributed by atoms with Crippen LogP contribution in [-0.4, -0.2) is 35.7 Å². The van der Waals surface area contributed by atoms with Crippen molar-refractivity contribution in [3.63, 3.8) is 0 Å². The van der Waals surface area contributed by atoms with Crippen molar-refractivity contribution in [1.82, 2.24) is 0 Å². The number of carbonyl (C=O) groups is 2. The van der Waals surface area contributed by atoms with E-state index in [1.165, 1.54) is 6.07 Å². The van der Waals surface area contributed by atoms with Crippen molar-refractivity contribution in [2.24, 2.45) is 0 Å². The maximum Gasteiger partial charge on any atom is 0.389 e. The third-order valence-corrected chi connectivity index (χ3v) is 7.37. The number of halogens is 3. The molecule has 1 fully saturated rings. The summed E-state index contributed by atoms with van der Waals surface area (Å²) in [6.45, 7) is 0.174. The molecule has 41 heavy (non-hydrogen) atoms. The number of nitrogens with zero attached hydrogens (tertiary/aromatic N) is 2. The van der Waals surface area contributed by atoms with E-state index in [9.17, 15) is 27.9 Å². The maximum atomic E-state index is 13.2. The van der Waals surface area contributed by atoms with Gasteiger partial charge in [0.05, 0.1) is 35.0 Å². The van der Waals surface area contributed by atoms with Crippen LogP contribution in [0, 0.1) is 11.3 Å². The molecule has 1 aliphatic carbocycles. The van der Waals surface area contributed by atoms with Crippen molar-refractivity contribution in [2.45, 2.75) is 63.6 Å². The van der Waals surface area contributed by atoms with E-state index in [2.05, 4.69) is 5.32 Å². The van der Waals surface area contributed by atoms with Crippen LogP contribution in [0.5, 0.6) is 0 Å². The Morgan fingerprint density at radius 3 is 2.37 bits per heavy atom. The lowest BCUT2D eigenvalue weighted by Gasteiger charge is -2.37. The number of nitrogens with one attached hydrogen (secondary N) is 1. The fourth-order valence-corrected chi connectivity index (χ4v) is 5.39. The van der Waals surface area contributed by atoms with Gasteiger partial charge in [-0.3, -0.25) is 4.79 Å². The van der Waals surface area contributed by atoms with E-state index in [-0.39, 0.29) is 36.9 Å². The van der Waals surface area contributed by atoms with Crippen LogP contribution in [0.25, 0.3) is 11.1 Å². The zero-order valence-electron chi connectivity index (χ0n) is 22.6. The van der Waals surface area contributed by atoms with Crippen molar-refractivity contribution in [2.75, 3.05) is 16.8 Å². The number of carbonyl (C=O) groups excluding carboxylic acids is 1. The molecule has 4 rings (SSSR count). The fraction of sp³-hybridized carbons (Fsp3) is 0.344. The van der Waals surface area contributed by atoms with Gasteiger partial charge in [0.15, 0.2) is 0 Å². The van der Waals surface area contributed by atoms with Crippen LogP contribution >= 0.6 is 0 Å². The van der Waals surface area contributed by atoms with Crippen molar-refractivity contribution < 1.29 is 27.9 Å². The summed E-state index contributed by atoms with van der Waals surface area (Å²) in [5.74, 6) is -1.43. The molecular weight excluding hydrogens is 531 g/mol. The molecule has 0 aromatic heterocycles. The first-order valence-corrected chi connectivity index (χ1v) is 13.7. The van der Waals surface area contributed by atoms with Gasteiger partial charge in [0, 0.05) is 19.0 Å². The number of nitriles is 1. The van der Waals surface area contributed by atoms with Crippen LogP contribution in [0.4, 0.5) is 24.5 Å². The van der Waals surface area contributed by atoms with Crippen molar-refractivity contribution in [3.8, 4) is 17.2 Å². The van der Waals surface area contributed by atoms with E-state index in [4.69, 9.17) is 5.26 Å². The number of amides is 1.